The Hall–Kier alpha value is -6.90. The zero-order chi connectivity index (χ0) is 51.8. The number of anilines is 3. The number of furan rings is 1. The predicted octanol–water partition coefficient (Wildman–Crippen LogP) is 14.4. The van der Waals surface area contributed by atoms with Crippen molar-refractivity contribution in [3.8, 4) is 33.4 Å². The molecule has 10 rings (SSSR count). The molecule has 0 amide bonds. The second kappa shape index (κ2) is 12.5. The van der Waals surface area contributed by atoms with E-state index in [0.29, 0.717) is 33.1 Å². The molecule has 1 heterocycles. The molecule has 0 radical (unpaired) electrons. The van der Waals surface area contributed by atoms with Crippen molar-refractivity contribution in [2.75, 3.05) is 4.90 Å². The van der Waals surface area contributed by atoms with Crippen LogP contribution in [-0.4, -0.2) is 0 Å². The minimum absolute atomic E-state index is 0.0159. The lowest BCUT2D eigenvalue weighted by Gasteiger charge is -2.28. The van der Waals surface area contributed by atoms with Gasteiger partial charge in [-0.2, -0.15) is 0 Å². The Balaban J connectivity index is 1.34. The molecule has 0 aliphatic heterocycles. The summed E-state index contributed by atoms with van der Waals surface area (Å²) in [6, 6.07) is 6.54. The topological polar surface area (TPSA) is 16.4 Å². The fourth-order valence-electron chi connectivity index (χ4n) is 6.45. The van der Waals surface area contributed by atoms with Crippen molar-refractivity contribution in [3.05, 3.63) is 200 Å². The van der Waals surface area contributed by atoms with Gasteiger partial charge in [0.25, 0.3) is 0 Å². The maximum absolute atomic E-state index is 9.74. The Morgan fingerprint density at radius 3 is 1.85 bits per heavy atom. The van der Waals surface area contributed by atoms with E-state index in [9.17, 15) is 11.0 Å². The number of para-hydroxylation sites is 1. The summed E-state index contributed by atoms with van der Waals surface area (Å²) >= 11 is 0. The summed E-state index contributed by atoms with van der Waals surface area (Å²) < 4.78 is 186. The maximum atomic E-state index is 9.74. The molecule has 0 bridgehead atoms. The summed E-state index contributed by atoms with van der Waals surface area (Å²) in [4.78, 5) is 1.01. The molecule has 2 nitrogen and oxygen atoms in total. The second-order valence-electron chi connectivity index (χ2n) is 11.8. The molecule has 0 saturated carbocycles. The van der Waals surface area contributed by atoms with Gasteiger partial charge in [0.05, 0.1) is 33.1 Å². The van der Waals surface area contributed by atoms with Gasteiger partial charge >= 0.3 is 0 Å². The third-order valence-electron chi connectivity index (χ3n) is 8.78. The molecule has 0 unspecified atom stereocenters. The summed E-state index contributed by atoms with van der Waals surface area (Å²) in [7, 11) is 0. The van der Waals surface area contributed by atoms with Gasteiger partial charge < -0.3 is 9.32 Å². The molecule has 2 heteroatoms. The van der Waals surface area contributed by atoms with E-state index in [1.54, 1.807) is 36.4 Å². The standard InChI is InChI=1S/C50H33NO/c1-2-12-34(13-3-1)35-24-28-40(29-25-35)51(41-30-26-37(27-31-41)43-20-10-17-36-14-6-7-18-42(36)43)47-22-9-8-19-44(47)45-21-11-23-48-50(45)46-32-38-15-4-5-16-39(38)33-49(46)52-48/h1-33H/i1D,2D,3D,6D,7D,10D,12D,13D,14D,17D,18D,20D,24D,25D,26D,27D,28D,29D,30D,31D. The fourth-order valence-corrected chi connectivity index (χ4v) is 6.45. The van der Waals surface area contributed by atoms with E-state index in [4.69, 9.17) is 20.9 Å². The van der Waals surface area contributed by atoms with Crippen LogP contribution in [-0.2, 0) is 0 Å². The number of benzene rings is 9. The predicted molar refractivity (Wildman–Crippen MR) is 220 cm³/mol. The van der Waals surface area contributed by atoms with Gasteiger partial charge in [-0.05, 0) is 97.8 Å². The highest BCUT2D eigenvalue weighted by atomic mass is 16.3. The average Bonchev–Trinajstić information content (AvgIpc) is 3.74. The minimum Gasteiger partial charge on any atom is -0.456 e. The first-order chi connectivity index (χ1) is 34.1. The molecule has 0 saturated heterocycles. The molecule has 0 atom stereocenters. The number of fused-ring (bicyclic) bond motifs is 5. The van der Waals surface area contributed by atoms with Crippen molar-refractivity contribution < 1.29 is 31.8 Å². The van der Waals surface area contributed by atoms with E-state index in [-0.39, 0.29) is 5.69 Å². The van der Waals surface area contributed by atoms with Crippen LogP contribution in [0.3, 0.4) is 0 Å². The zero-order valence-electron chi connectivity index (χ0n) is 46.9. The van der Waals surface area contributed by atoms with Crippen LogP contribution < -0.4 is 4.90 Å². The van der Waals surface area contributed by atoms with Crippen molar-refractivity contribution in [1.82, 2.24) is 0 Å². The van der Waals surface area contributed by atoms with Gasteiger partial charge in [-0.3, -0.25) is 0 Å². The van der Waals surface area contributed by atoms with E-state index >= 15 is 0 Å². The summed E-state index contributed by atoms with van der Waals surface area (Å²) in [6.07, 6.45) is 0. The molecule has 0 fully saturated rings. The Bertz CT molecular complexity index is 3980. The molecule has 0 aliphatic carbocycles. The van der Waals surface area contributed by atoms with E-state index in [1.165, 1.54) is 6.07 Å². The molecule has 0 N–H and O–H groups in total. The van der Waals surface area contributed by atoms with Gasteiger partial charge in [0.2, 0.25) is 0 Å². The molecule has 0 aliphatic rings. The monoisotopic (exact) mass is 683 g/mol. The van der Waals surface area contributed by atoms with Crippen LogP contribution in [0.1, 0.15) is 27.4 Å². The molecule has 9 aromatic carbocycles. The summed E-state index contributed by atoms with van der Waals surface area (Å²) in [6.45, 7) is 0. The summed E-state index contributed by atoms with van der Waals surface area (Å²) in [5.74, 6) is 0. The van der Waals surface area contributed by atoms with E-state index < -0.39 is 165 Å². The van der Waals surface area contributed by atoms with Gasteiger partial charge in [-0.15, -0.1) is 0 Å². The van der Waals surface area contributed by atoms with Crippen molar-refractivity contribution in [3.63, 3.8) is 0 Å². The van der Waals surface area contributed by atoms with E-state index in [1.807, 2.05) is 36.4 Å². The summed E-state index contributed by atoms with van der Waals surface area (Å²) in [5, 5.41) is 2.08. The van der Waals surface area contributed by atoms with Gasteiger partial charge in [-0.1, -0.05) is 151 Å². The lowest BCUT2D eigenvalue weighted by Crippen LogP contribution is -2.11. The molecular formula is C50H33NO. The highest BCUT2D eigenvalue weighted by Crippen LogP contribution is 2.45. The van der Waals surface area contributed by atoms with Crippen LogP contribution in [0.5, 0.6) is 0 Å². The van der Waals surface area contributed by atoms with Crippen LogP contribution in [0.4, 0.5) is 17.1 Å². The molecule has 0 spiro atoms. The Labute approximate surface area is 330 Å². The normalized spacial score (nSPS) is 16.8. The minimum atomic E-state index is -0.909. The highest BCUT2D eigenvalue weighted by Gasteiger charge is 2.21. The molecule has 10 aromatic rings. The van der Waals surface area contributed by atoms with Gasteiger partial charge in [0, 0.05) is 27.7 Å². The quantitative estimate of drug-likeness (QED) is 0.173. The van der Waals surface area contributed by atoms with Crippen LogP contribution in [0, 0.1) is 0 Å². The zero-order valence-corrected chi connectivity index (χ0v) is 26.9. The SMILES string of the molecule is [2H]c1c([2H])c([2H])c(-c2c([2H])c([2H])c(N(c3ccccc3-c3cccc4oc5cc6ccccc6cc5c34)c3c([2H])c([2H])c(-c4c([2H])c([2H])c([2H])c5c([2H])c([2H])c([2H])c([2H])c45)c([2H])c3[2H])c([2H])c2[2H])c([2H])c1[2H]. The van der Waals surface area contributed by atoms with Crippen molar-refractivity contribution in [2.24, 2.45) is 0 Å². The van der Waals surface area contributed by atoms with Crippen molar-refractivity contribution >= 4 is 60.5 Å². The number of hydrogen-bond donors (Lipinski definition) is 0. The molecule has 1 aromatic heterocycles. The van der Waals surface area contributed by atoms with Gasteiger partial charge in [0.15, 0.2) is 0 Å². The van der Waals surface area contributed by atoms with Crippen LogP contribution in [0.25, 0.3) is 76.9 Å². The Morgan fingerprint density at radius 2 is 1.04 bits per heavy atom. The van der Waals surface area contributed by atoms with Crippen molar-refractivity contribution in [1.29, 1.82) is 0 Å². The first-order valence-corrected chi connectivity index (χ1v) is 16.1. The third-order valence-corrected chi connectivity index (χ3v) is 8.78. The van der Waals surface area contributed by atoms with Crippen molar-refractivity contribution in [2.45, 2.75) is 0 Å². The summed E-state index contributed by atoms with van der Waals surface area (Å²) in [5.41, 5.74) is -2.10. The maximum Gasteiger partial charge on any atom is 0.136 e. The van der Waals surface area contributed by atoms with Crippen LogP contribution in [0.15, 0.2) is 204 Å². The number of rotatable bonds is 6. The lowest BCUT2D eigenvalue weighted by atomic mass is 9.95. The second-order valence-corrected chi connectivity index (χ2v) is 11.8. The van der Waals surface area contributed by atoms with Crippen LogP contribution in [0.2, 0.25) is 0 Å². The van der Waals surface area contributed by atoms with E-state index in [0.717, 1.165) is 15.7 Å². The first-order valence-electron chi connectivity index (χ1n) is 26.1. The fraction of sp³-hybridized carbons (Fsp3) is 0. The van der Waals surface area contributed by atoms with Gasteiger partial charge in [-0.25, -0.2) is 0 Å². The average molecular weight is 684 g/mol. The Kier molecular flexibility index (Phi) is 3.83. The smallest absolute Gasteiger partial charge is 0.136 e. The largest absolute Gasteiger partial charge is 0.456 e. The highest BCUT2D eigenvalue weighted by molar-refractivity contribution is 6.16. The number of hydrogen-bond acceptors (Lipinski definition) is 2. The lowest BCUT2D eigenvalue weighted by molar-refractivity contribution is 0.669. The first kappa shape index (κ1) is 16.0. The molecule has 244 valence electrons. The number of nitrogens with zero attached hydrogens (tertiary/aromatic N) is 1. The Morgan fingerprint density at radius 1 is 0.404 bits per heavy atom. The third kappa shape index (κ3) is 5.12. The molecular weight excluding hydrogens is 631 g/mol. The van der Waals surface area contributed by atoms with Crippen LogP contribution >= 0.6 is 0 Å². The molecule has 52 heavy (non-hydrogen) atoms. The van der Waals surface area contributed by atoms with E-state index in [2.05, 4.69) is 0 Å². The van der Waals surface area contributed by atoms with Gasteiger partial charge in [0.1, 0.15) is 11.2 Å².